The number of rotatable bonds is 4. The number of H-pyrrole nitrogens is 1. The fourth-order valence-electron chi connectivity index (χ4n) is 2.41. The second-order valence-electron chi connectivity index (χ2n) is 4.95. The molecule has 112 valence electrons. The summed E-state index contributed by atoms with van der Waals surface area (Å²) in [5.41, 5.74) is 3.16. The van der Waals surface area contributed by atoms with Crippen LogP contribution in [0.5, 0.6) is 0 Å². The van der Waals surface area contributed by atoms with E-state index in [2.05, 4.69) is 10.3 Å². The van der Waals surface area contributed by atoms with Crippen LogP contribution in [0.3, 0.4) is 0 Å². The van der Waals surface area contributed by atoms with Crippen LogP contribution in [0.2, 0.25) is 0 Å². The first-order valence-corrected chi connectivity index (χ1v) is 6.95. The number of aromatic nitrogens is 1. The lowest BCUT2D eigenvalue weighted by atomic mass is 10.0. The minimum absolute atomic E-state index is 0.0876. The third-order valence-electron chi connectivity index (χ3n) is 3.50. The van der Waals surface area contributed by atoms with Gasteiger partial charge in [-0.15, -0.1) is 0 Å². The number of amides is 1. The maximum atomic E-state index is 13.2. The predicted octanol–water partition coefficient (Wildman–Crippen LogP) is 2.70. The van der Waals surface area contributed by atoms with Crippen LogP contribution in [0, 0.1) is 5.82 Å². The summed E-state index contributed by atoms with van der Waals surface area (Å²) in [4.78, 5) is 14.8. The number of aliphatic hydroxyl groups is 1. The number of aliphatic hydroxyl groups excluding tert-OH is 1. The maximum absolute atomic E-state index is 13.2. The molecule has 1 amide bonds. The number of aromatic amines is 1. The molecule has 0 atom stereocenters. The van der Waals surface area contributed by atoms with E-state index in [9.17, 15) is 9.18 Å². The molecule has 3 aromatic rings. The van der Waals surface area contributed by atoms with E-state index in [1.54, 1.807) is 18.2 Å². The quantitative estimate of drug-likeness (QED) is 0.693. The summed E-state index contributed by atoms with van der Waals surface area (Å²) < 4.78 is 13.2. The van der Waals surface area contributed by atoms with Crippen molar-refractivity contribution in [3.63, 3.8) is 0 Å². The van der Waals surface area contributed by atoms with Crippen molar-refractivity contribution in [3.8, 4) is 11.1 Å². The molecule has 5 heteroatoms. The molecule has 22 heavy (non-hydrogen) atoms. The van der Waals surface area contributed by atoms with Crippen LogP contribution in [-0.2, 0) is 0 Å². The molecule has 0 radical (unpaired) electrons. The highest BCUT2D eigenvalue weighted by Gasteiger charge is 2.09. The van der Waals surface area contributed by atoms with E-state index in [0.717, 1.165) is 22.0 Å². The van der Waals surface area contributed by atoms with Gasteiger partial charge in [0.05, 0.1) is 6.61 Å². The molecule has 1 heterocycles. The van der Waals surface area contributed by atoms with Gasteiger partial charge in [0.25, 0.3) is 5.91 Å². The molecular formula is C17H15FN2O2. The Balaban J connectivity index is 1.90. The molecule has 0 aliphatic heterocycles. The smallest absolute Gasteiger partial charge is 0.251 e. The van der Waals surface area contributed by atoms with Crippen LogP contribution in [0.25, 0.3) is 22.0 Å². The standard InChI is InChI=1S/C17H15FN2O2/c18-13-5-6-14-15(10-20-16(14)9-13)11-1-3-12(4-2-11)17(22)19-7-8-21/h1-6,9-10,20-21H,7-8H2,(H,19,22). The summed E-state index contributed by atoms with van der Waals surface area (Å²) in [7, 11) is 0. The molecular weight excluding hydrogens is 283 g/mol. The summed E-state index contributed by atoms with van der Waals surface area (Å²) in [6, 6.07) is 11.8. The third-order valence-corrected chi connectivity index (χ3v) is 3.50. The topological polar surface area (TPSA) is 65.1 Å². The van der Waals surface area contributed by atoms with Gasteiger partial charge < -0.3 is 15.4 Å². The fourth-order valence-corrected chi connectivity index (χ4v) is 2.41. The zero-order valence-electron chi connectivity index (χ0n) is 11.8. The van der Waals surface area contributed by atoms with Crippen molar-refractivity contribution in [1.82, 2.24) is 10.3 Å². The van der Waals surface area contributed by atoms with E-state index in [-0.39, 0.29) is 24.9 Å². The monoisotopic (exact) mass is 298 g/mol. The van der Waals surface area contributed by atoms with Crippen molar-refractivity contribution in [1.29, 1.82) is 0 Å². The highest BCUT2D eigenvalue weighted by Crippen LogP contribution is 2.29. The fraction of sp³-hybridized carbons (Fsp3) is 0.118. The number of fused-ring (bicyclic) bond motifs is 1. The van der Waals surface area contributed by atoms with Crippen molar-refractivity contribution in [2.24, 2.45) is 0 Å². The lowest BCUT2D eigenvalue weighted by molar-refractivity contribution is 0.0945. The van der Waals surface area contributed by atoms with Crippen molar-refractivity contribution in [2.75, 3.05) is 13.2 Å². The normalized spacial score (nSPS) is 10.8. The van der Waals surface area contributed by atoms with Crippen LogP contribution in [-0.4, -0.2) is 29.1 Å². The number of halogens is 1. The molecule has 3 rings (SSSR count). The van der Waals surface area contributed by atoms with Gasteiger partial charge in [-0.25, -0.2) is 4.39 Å². The van der Waals surface area contributed by atoms with Gasteiger partial charge in [-0.05, 0) is 35.9 Å². The third kappa shape index (κ3) is 2.71. The predicted molar refractivity (Wildman–Crippen MR) is 83.1 cm³/mol. The van der Waals surface area contributed by atoms with Crippen LogP contribution in [0.1, 0.15) is 10.4 Å². The van der Waals surface area contributed by atoms with E-state index in [1.807, 2.05) is 18.3 Å². The second-order valence-corrected chi connectivity index (χ2v) is 4.95. The van der Waals surface area contributed by atoms with E-state index < -0.39 is 0 Å². The van der Waals surface area contributed by atoms with Gasteiger partial charge >= 0.3 is 0 Å². The average Bonchev–Trinajstić information content (AvgIpc) is 2.95. The van der Waals surface area contributed by atoms with Gasteiger partial charge in [0, 0.05) is 34.8 Å². The first kappa shape index (κ1) is 14.3. The Bertz CT molecular complexity index is 809. The van der Waals surface area contributed by atoms with Gasteiger partial charge in [0.1, 0.15) is 5.82 Å². The van der Waals surface area contributed by atoms with Crippen molar-refractivity contribution < 1.29 is 14.3 Å². The van der Waals surface area contributed by atoms with Crippen LogP contribution in [0.4, 0.5) is 4.39 Å². The molecule has 0 bridgehead atoms. The molecule has 0 saturated heterocycles. The van der Waals surface area contributed by atoms with Crippen LogP contribution >= 0.6 is 0 Å². The van der Waals surface area contributed by atoms with Crippen molar-refractivity contribution in [3.05, 3.63) is 60.0 Å². The zero-order valence-corrected chi connectivity index (χ0v) is 11.8. The Morgan fingerprint density at radius 3 is 2.68 bits per heavy atom. The Morgan fingerprint density at radius 2 is 1.95 bits per heavy atom. The van der Waals surface area contributed by atoms with E-state index in [4.69, 9.17) is 5.11 Å². The largest absolute Gasteiger partial charge is 0.395 e. The highest BCUT2D eigenvalue weighted by molar-refractivity contribution is 5.97. The SMILES string of the molecule is O=C(NCCO)c1ccc(-c2c[nH]c3cc(F)ccc23)cc1. The number of hydrogen-bond acceptors (Lipinski definition) is 2. The summed E-state index contributed by atoms with van der Waals surface area (Å²) in [6.07, 6.45) is 1.82. The van der Waals surface area contributed by atoms with Gasteiger partial charge in [-0.1, -0.05) is 12.1 Å². The Hall–Kier alpha value is -2.66. The van der Waals surface area contributed by atoms with Gasteiger partial charge in [0.15, 0.2) is 0 Å². The lowest BCUT2D eigenvalue weighted by Gasteiger charge is -2.05. The zero-order chi connectivity index (χ0) is 15.5. The number of carbonyl (C=O) groups is 1. The molecule has 4 nitrogen and oxygen atoms in total. The molecule has 0 unspecified atom stereocenters. The van der Waals surface area contributed by atoms with E-state index >= 15 is 0 Å². The van der Waals surface area contributed by atoms with Crippen molar-refractivity contribution >= 4 is 16.8 Å². The average molecular weight is 298 g/mol. The lowest BCUT2D eigenvalue weighted by Crippen LogP contribution is -2.26. The van der Waals surface area contributed by atoms with Crippen LogP contribution in [0.15, 0.2) is 48.7 Å². The molecule has 0 aliphatic carbocycles. The molecule has 0 aliphatic rings. The Morgan fingerprint density at radius 1 is 1.18 bits per heavy atom. The molecule has 1 aromatic heterocycles. The minimum Gasteiger partial charge on any atom is -0.395 e. The van der Waals surface area contributed by atoms with E-state index in [1.165, 1.54) is 12.1 Å². The van der Waals surface area contributed by atoms with Gasteiger partial charge in [-0.3, -0.25) is 4.79 Å². The summed E-state index contributed by atoms with van der Waals surface area (Å²) in [5, 5.41) is 12.2. The summed E-state index contributed by atoms with van der Waals surface area (Å²) in [5.74, 6) is -0.501. The molecule has 0 saturated carbocycles. The molecule has 2 aromatic carbocycles. The first-order valence-electron chi connectivity index (χ1n) is 6.95. The molecule has 3 N–H and O–H groups in total. The highest BCUT2D eigenvalue weighted by atomic mass is 19.1. The van der Waals surface area contributed by atoms with E-state index in [0.29, 0.717) is 5.56 Å². The molecule has 0 fully saturated rings. The summed E-state index contributed by atoms with van der Waals surface area (Å²) in [6.45, 7) is 0.143. The van der Waals surface area contributed by atoms with Crippen LogP contribution < -0.4 is 5.32 Å². The summed E-state index contributed by atoms with van der Waals surface area (Å²) >= 11 is 0. The van der Waals surface area contributed by atoms with Gasteiger partial charge in [-0.2, -0.15) is 0 Å². The number of hydrogen-bond donors (Lipinski definition) is 3. The Kier molecular flexibility index (Phi) is 3.89. The molecule has 0 spiro atoms. The number of carbonyl (C=O) groups excluding carboxylic acids is 1. The minimum atomic E-state index is -0.281. The number of nitrogens with one attached hydrogen (secondary N) is 2. The van der Waals surface area contributed by atoms with Crippen molar-refractivity contribution in [2.45, 2.75) is 0 Å². The first-order chi connectivity index (χ1) is 10.7. The van der Waals surface area contributed by atoms with Gasteiger partial charge in [0.2, 0.25) is 0 Å². The Labute approximate surface area is 126 Å². The number of benzene rings is 2. The second kappa shape index (κ2) is 5.99. The maximum Gasteiger partial charge on any atom is 0.251 e.